The predicted molar refractivity (Wildman–Crippen MR) is 66.9 cm³/mol. The Labute approximate surface area is 113 Å². The lowest BCUT2D eigenvalue weighted by molar-refractivity contribution is 0.502. The summed E-state index contributed by atoms with van der Waals surface area (Å²) in [5.41, 5.74) is 2.87. The quantitative estimate of drug-likeness (QED) is 0.671. The average Bonchev–Trinajstić information content (AvgIpc) is 2.37. The van der Waals surface area contributed by atoms with E-state index in [-0.39, 0.29) is 10.6 Å². The molecular formula is C13H10ClF3N2. The minimum atomic E-state index is -1.02. The van der Waals surface area contributed by atoms with Gasteiger partial charge in [0, 0.05) is 10.6 Å². The Hall–Kier alpha value is -1.56. The highest BCUT2D eigenvalue weighted by atomic mass is 35.5. The highest BCUT2D eigenvalue weighted by Gasteiger charge is 2.18. The van der Waals surface area contributed by atoms with E-state index in [9.17, 15) is 13.2 Å². The topological polar surface area (TPSA) is 38.0 Å². The van der Waals surface area contributed by atoms with Crippen LogP contribution >= 0.6 is 11.6 Å². The van der Waals surface area contributed by atoms with Crippen LogP contribution in [0.4, 0.5) is 13.2 Å². The van der Waals surface area contributed by atoms with Crippen molar-refractivity contribution in [2.24, 2.45) is 5.84 Å². The SMILES string of the molecule is NNC(c1ccc(F)c(F)c1)c1ccc(Cl)cc1F. The Morgan fingerprint density at radius 3 is 2.26 bits per heavy atom. The highest BCUT2D eigenvalue weighted by molar-refractivity contribution is 6.30. The van der Waals surface area contributed by atoms with Crippen LogP contribution in [0.5, 0.6) is 0 Å². The lowest BCUT2D eigenvalue weighted by Gasteiger charge is -2.18. The number of hydrogen-bond acceptors (Lipinski definition) is 2. The molecule has 0 aliphatic rings. The number of halogens is 4. The minimum Gasteiger partial charge on any atom is -0.271 e. The molecule has 0 saturated carbocycles. The molecule has 3 N–H and O–H groups in total. The second-order valence-corrected chi connectivity index (χ2v) is 4.38. The van der Waals surface area contributed by atoms with Gasteiger partial charge in [0.2, 0.25) is 0 Å². The summed E-state index contributed by atoms with van der Waals surface area (Å²) in [7, 11) is 0. The Morgan fingerprint density at radius 1 is 0.947 bits per heavy atom. The first-order chi connectivity index (χ1) is 9.02. The van der Waals surface area contributed by atoms with Crippen LogP contribution in [0.3, 0.4) is 0 Å². The number of hydrazine groups is 1. The number of nitrogens with one attached hydrogen (secondary N) is 1. The molecule has 1 atom stereocenters. The van der Waals surface area contributed by atoms with Gasteiger partial charge in [-0.05, 0) is 29.8 Å². The second-order valence-electron chi connectivity index (χ2n) is 3.94. The molecule has 0 fully saturated rings. The van der Waals surface area contributed by atoms with Crippen molar-refractivity contribution < 1.29 is 13.2 Å². The molecule has 0 aromatic heterocycles. The van der Waals surface area contributed by atoms with Gasteiger partial charge in [-0.1, -0.05) is 23.7 Å². The van der Waals surface area contributed by atoms with Gasteiger partial charge in [0.15, 0.2) is 11.6 Å². The van der Waals surface area contributed by atoms with Gasteiger partial charge < -0.3 is 0 Å². The summed E-state index contributed by atoms with van der Waals surface area (Å²) >= 11 is 5.66. The van der Waals surface area contributed by atoms with Crippen molar-refractivity contribution in [3.05, 3.63) is 70.0 Å². The van der Waals surface area contributed by atoms with Gasteiger partial charge >= 0.3 is 0 Å². The third kappa shape index (κ3) is 2.89. The van der Waals surface area contributed by atoms with E-state index >= 15 is 0 Å². The largest absolute Gasteiger partial charge is 0.271 e. The van der Waals surface area contributed by atoms with Crippen LogP contribution in [0.15, 0.2) is 36.4 Å². The molecule has 2 nitrogen and oxygen atoms in total. The maximum Gasteiger partial charge on any atom is 0.159 e. The molecule has 0 amide bonds. The first-order valence-electron chi connectivity index (χ1n) is 5.39. The van der Waals surface area contributed by atoms with Crippen LogP contribution in [-0.4, -0.2) is 0 Å². The van der Waals surface area contributed by atoms with E-state index in [0.29, 0.717) is 5.56 Å². The molecule has 0 spiro atoms. The summed E-state index contributed by atoms with van der Waals surface area (Å²) in [5, 5.41) is 0.238. The molecule has 0 aliphatic heterocycles. The molecule has 0 saturated heterocycles. The van der Waals surface area contributed by atoms with Crippen molar-refractivity contribution in [3.63, 3.8) is 0 Å². The van der Waals surface area contributed by atoms with Gasteiger partial charge in [0.1, 0.15) is 5.82 Å². The van der Waals surface area contributed by atoms with Crippen LogP contribution in [-0.2, 0) is 0 Å². The van der Waals surface area contributed by atoms with Crippen LogP contribution in [0.1, 0.15) is 17.2 Å². The molecule has 100 valence electrons. The monoisotopic (exact) mass is 286 g/mol. The number of benzene rings is 2. The van der Waals surface area contributed by atoms with Crippen LogP contribution < -0.4 is 11.3 Å². The summed E-state index contributed by atoms with van der Waals surface area (Å²) in [5.74, 6) is 2.79. The van der Waals surface area contributed by atoms with Gasteiger partial charge in [0.05, 0.1) is 6.04 Å². The van der Waals surface area contributed by atoms with Crippen molar-refractivity contribution in [2.45, 2.75) is 6.04 Å². The van der Waals surface area contributed by atoms with Gasteiger partial charge in [0.25, 0.3) is 0 Å². The second kappa shape index (κ2) is 5.61. The first kappa shape index (κ1) is 13.9. The molecule has 1 unspecified atom stereocenters. The van der Waals surface area contributed by atoms with E-state index in [1.807, 2.05) is 0 Å². The predicted octanol–water partition coefficient (Wildman–Crippen LogP) is 3.31. The summed E-state index contributed by atoms with van der Waals surface area (Å²) in [4.78, 5) is 0. The first-order valence-corrected chi connectivity index (χ1v) is 5.76. The zero-order valence-electron chi connectivity index (χ0n) is 9.63. The molecular weight excluding hydrogens is 277 g/mol. The standard InChI is InChI=1S/C13H10ClF3N2/c14-8-2-3-9(11(16)6-8)13(19-18)7-1-4-10(15)12(17)5-7/h1-6,13,19H,18H2. The fraction of sp³-hybridized carbons (Fsp3) is 0.0769. The van der Waals surface area contributed by atoms with Crippen molar-refractivity contribution in [1.82, 2.24) is 5.43 Å². The van der Waals surface area contributed by atoms with Crippen molar-refractivity contribution in [1.29, 1.82) is 0 Å². The van der Waals surface area contributed by atoms with Gasteiger partial charge in [-0.15, -0.1) is 0 Å². The van der Waals surface area contributed by atoms with Crippen LogP contribution in [0.25, 0.3) is 0 Å². The Balaban J connectivity index is 2.46. The lowest BCUT2D eigenvalue weighted by atomic mass is 9.98. The third-order valence-electron chi connectivity index (χ3n) is 2.72. The van der Waals surface area contributed by atoms with Crippen molar-refractivity contribution in [2.75, 3.05) is 0 Å². The molecule has 2 rings (SSSR count). The zero-order chi connectivity index (χ0) is 14.0. The van der Waals surface area contributed by atoms with Gasteiger partial charge in [-0.2, -0.15) is 0 Å². The fourth-order valence-corrected chi connectivity index (χ4v) is 1.95. The van der Waals surface area contributed by atoms with Crippen LogP contribution in [0, 0.1) is 17.5 Å². The van der Waals surface area contributed by atoms with E-state index in [4.69, 9.17) is 17.4 Å². The van der Waals surface area contributed by atoms with E-state index in [1.54, 1.807) is 0 Å². The highest BCUT2D eigenvalue weighted by Crippen LogP contribution is 2.26. The Bertz CT molecular complexity index is 604. The summed E-state index contributed by atoms with van der Waals surface area (Å²) in [6.45, 7) is 0. The summed E-state index contributed by atoms with van der Waals surface area (Å²) in [6, 6.07) is 6.51. The molecule has 0 aliphatic carbocycles. The van der Waals surface area contributed by atoms with E-state index in [2.05, 4.69) is 5.43 Å². The zero-order valence-corrected chi connectivity index (χ0v) is 10.4. The smallest absolute Gasteiger partial charge is 0.159 e. The third-order valence-corrected chi connectivity index (χ3v) is 2.95. The van der Waals surface area contributed by atoms with Gasteiger partial charge in [-0.25, -0.2) is 18.6 Å². The Morgan fingerprint density at radius 2 is 1.68 bits per heavy atom. The summed E-state index contributed by atoms with van der Waals surface area (Å²) in [6.07, 6.45) is 0. The molecule has 19 heavy (non-hydrogen) atoms. The number of hydrogen-bond donors (Lipinski definition) is 2. The van der Waals surface area contributed by atoms with E-state index < -0.39 is 23.5 Å². The molecule has 2 aromatic rings. The van der Waals surface area contributed by atoms with E-state index in [1.165, 1.54) is 18.2 Å². The minimum absolute atomic E-state index is 0.193. The molecule has 2 aromatic carbocycles. The molecule has 0 radical (unpaired) electrons. The normalized spacial score (nSPS) is 12.5. The van der Waals surface area contributed by atoms with Crippen molar-refractivity contribution in [3.8, 4) is 0 Å². The summed E-state index contributed by atoms with van der Waals surface area (Å²) < 4.78 is 39.9. The lowest BCUT2D eigenvalue weighted by Crippen LogP contribution is -2.29. The fourth-order valence-electron chi connectivity index (χ4n) is 1.79. The van der Waals surface area contributed by atoms with Crippen molar-refractivity contribution >= 4 is 11.6 Å². The maximum absolute atomic E-state index is 13.8. The average molecular weight is 287 g/mol. The number of rotatable bonds is 3. The molecule has 0 heterocycles. The maximum atomic E-state index is 13.8. The Kier molecular flexibility index (Phi) is 4.09. The van der Waals surface area contributed by atoms with E-state index in [0.717, 1.165) is 18.2 Å². The molecule has 6 heteroatoms. The van der Waals surface area contributed by atoms with Crippen LogP contribution in [0.2, 0.25) is 5.02 Å². The number of nitrogens with two attached hydrogens (primary N) is 1. The van der Waals surface area contributed by atoms with Gasteiger partial charge in [-0.3, -0.25) is 5.84 Å². The molecule has 0 bridgehead atoms.